The molecule has 3 aromatic rings. The summed E-state index contributed by atoms with van der Waals surface area (Å²) >= 11 is 18.6. The van der Waals surface area contributed by atoms with Gasteiger partial charge in [-0.05, 0) is 48.4 Å². The van der Waals surface area contributed by atoms with Gasteiger partial charge in [0.2, 0.25) is 0 Å². The van der Waals surface area contributed by atoms with Gasteiger partial charge in [-0.3, -0.25) is 0 Å². The quantitative estimate of drug-likeness (QED) is 0.469. The molecule has 0 bridgehead atoms. The van der Waals surface area contributed by atoms with Gasteiger partial charge in [0.05, 0.1) is 5.02 Å². The van der Waals surface area contributed by atoms with Gasteiger partial charge in [0.25, 0.3) is 0 Å². The van der Waals surface area contributed by atoms with Gasteiger partial charge in [-0.25, -0.2) is 0 Å². The lowest BCUT2D eigenvalue weighted by Gasteiger charge is -2.13. The molecular weight excluding hydrogens is 389 g/mol. The molecule has 134 valence electrons. The molecule has 0 aliphatic carbocycles. The summed E-state index contributed by atoms with van der Waals surface area (Å²) < 4.78 is 5.80. The highest BCUT2D eigenvalue weighted by atomic mass is 35.5. The molecule has 3 rings (SSSR count). The van der Waals surface area contributed by atoms with E-state index in [1.807, 2.05) is 67.6 Å². The summed E-state index contributed by atoms with van der Waals surface area (Å²) in [5.41, 5.74) is 4.12. The number of aryl methyl sites for hydroxylation is 1. The Morgan fingerprint density at radius 1 is 0.885 bits per heavy atom. The fraction of sp³-hybridized carbons (Fsp3) is 0.143. The van der Waals surface area contributed by atoms with Gasteiger partial charge in [-0.2, -0.15) is 0 Å². The molecule has 0 aliphatic rings. The first-order valence-electron chi connectivity index (χ1n) is 8.17. The number of halogens is 3. The van der Waals surface area contributed by atoms with E-state index in [1.54, 1.807) is 0 Å². The maximum Gasteiger partial charge on any atom is 0.138 e. The van der Waals surface area contributed by atoms with Crippen molar-refractivity contribution >= 4 is 40.5 Å². The average molecular weight is 407 g/mol. The maximum atomic E-state index is 6.37. The van der Waals surface area contributed by atoms with Crippen molar-refractivity contribution in [2.75, 3.05) is 5.32 Å². The molecule has 2 nitrogen and oxygen atoms in total. The van der Waals surface area contributed by atoms with Gasteiger partial charge >= 0.3 is 0 Å². The van der Waals surface area contributed by atoms with Crippen LogP contribution in [0.5, 0.6) is 5.75 Å². The minimum Gasteiger partial charge on any atom is -0.487 e. The zero-order valence-corrected chi connectivity index (χ0v) is 16.5. The highest BCUT2D eigenvalue weighted by molar-refractivity contribution is 6.32. The minimum atomic E-state index is 0.374. The van der Waals surface area contributed by atoms with Gasteiger partial charge in [-0.1, -0.05) is 65.1 Å². The molecule has 0 unspecified atom stereocenters. The fourth-order valence-corrected chi connectivity index (χ4v) is 3.14. The SMILES string of the molecule is Cc1ccc(Cl)cc1NCc1ccc(OCc2ccccc2Cl)c(Cl)c1. The summed E-state index contributed by atoms with van der Waals surface area (Å²) in [6.07, 6.45) is 0. The second-order valence-electron chi connectivity index (χ2n) is 5.96. The third-order valence-corrected chi connectivity index (χ3v) is 4.92. The number of rotatable bonds is 6. The largest absolute Gasteiger partial charge is 0.487 e. The van der Waals surface area contributed by atoms with Crippen LogP contribution in [-0.2, 0) is 13.2 Å². The molecule has 0 aromatic heterocycles. The van der Waals surface area contributed by atoms with Gasteiger partial charge in [-0.15, -0.1) is 0 Å². The van der Waals surface area contributed by atoms with Crippen LogP contribution in [-0.4, -0.2) is 0 Å². The molecule has 5 heteroatoms. The predicted molar refractivity (Wildman–Crippen MR) is 111 cm³/mol. The van der Waals surface area contributed by atoms with Crippen molar-refractivity contribution in [1.29, 1.82) is 0 Å². The Balaban J connectivity index is 1.64. The van der Waals surface area contributed by atoms with Crippen LogP contribution in [0.1, 0.15) is 16.7 Å². The third-order valence-electron chi connectivity index (χ3n) is 4.02. The Labute approximate surface area is 168 Å². The predicted octanol–water partition coefficient (Wildman–Crippen LogP) is 7.15. The van der Waals surface area contributed by atoms with Crippen LogP contribution in [0, 0.1) is 6.92 Å². The molecule has 0 radical (unpaired) electrons. The average Bonchev–Trinajstić information content (AvgIpc) is 2.63. The van der Waals surface area contributed by atoms with Crippen LogP contribution < -0.4 is 10.1 Å². The van der Waals surface area contributed by atoms with Crippen LogP contribution in [0.2, 0.25) is 15.1 Å². The van der Waals surface area contributed by atoms with Crippen molar-refractivity contribution in [2.24, 2.45) is 0 Å². The van der Waals surface area contributed by atoms with E-state index in [0.717, 1.165) is 22.4 Å². The van der Waals surface area contributed by atoms with Crippen LogP contribution in [0.15, 0.2) is 60.7 Å². The van der Waals surface area contributed by atoms with E-state index >= 15 is 0 Å². The molecule has 1 N–H and O–H groups in total. The maximum absolute atomic E-state index is 6.37. The summed E-state index contributed by atoms with van der Waals surface area (Å²) in [6.45, 7) is 3.06. The first kappa shape index (κ1) is 18.9. The molecule has 0 spiro atoms. The van der Waals surface area contributed by atoms with Crippen molar-refractivity contribution in [2.45, 2.75) is 20.1 Å². The molecule has 26 heavy (non-hydrogen) atoms. The highest BCUT2D eigenvalue weighted by Crippen LogP contribution is 2.28. The zero-order chi connectivity index (χ0) is 18.5. The molecule has 0 heterocycles. The number of anilines is 1. The summed E-state index contributed by atoms with van der Waals surface area (Å²) in [6, 6.07) is 19.1. The van der Waals surface area contributed by atoms with Crippen LogP contribution >= 0.6 is 34.8 Å². The summed E-state index contributed by atoms with van der Waals surface area (Å²) in [4.78, 5) is 0. The number of nitrogens with one attached hydrogen (secondary N) is 1. The molecule has 3 aromatic carbocycles. The van der Waals surface area contributed by atoms with E-state index in [-0.39, 0.29) is 0 Å². The molecule has 0 saturated carbocycles. The molecule has 0 atom stereocenters. The summed E-state index contributed by atoms with van der Waals surface area (Å²) in [5, 5.41) is 5.34. The number of benzene rings is 3. The molecular formula is C21H18Cl3NO. The van der Waals surface area contributed by atoms with E-state index in [2.05, 4.69) is 5.32 Å². The van der Waals surface area contributed by atoms with Crippen LogP contribution in [0.3, 0.4) is 0 Å². The Kier molecular flexibility index (Phi) is 6.31. The lowest BCUT2D eigenvalue weighted by Crippen LogP contribution is -2.02. The summed E-state index contributed by atoms with van der Waals surface area (Å²) in [7, 11) is 0. The van der Waals surface area contributed by atoms with Gasteiger partial charge in [0.1, 0.15) is 12.4 Å². The standard InChI is InChI=1S/C21H18Cl3NO/c1-14-6-8-17(22)11-20(14)25-12-15-7-9-21(19(24)10-15)26-13-16-4-2-3-5-18(16)23/h2-11,25H,12-13H2,1H3. The van der Waals surface area contributed by atoms with Crippen LogP contribution in [0.25, 0.3) is 0 Å². The summed E-state index contributed by atoms with van der Waals surface area (Å²) in [5.74, 6) is 0.634. The second kappa shape index (κ2) is 8.68. The monoisotopic (exact) mass is 405 g/mol. The zero-order valence-electron chi connectivity index (χ0n) is 14.2. The van der Waals surface area contributed by atoms with E-state index in [9.17, 15) is 0 Å². The Bertz CT molecular complexity index is 912. The number of hydrogen-bond donors (Lipinski definition) is 1. The molecule has 0 fully saturated rings. The fourth-order valence-electron chi connectivity index (χ4n) is 2.52. The second-order valence-corrected chi connectivity index (χ2v) is 7.21. The van der Waals surface area contributed by atoms with E-state index < -0.39 is 0 Å². The smallest absolute Gasteiger partial charge is 0.138 e. The van der Waals surface area contributed by atoms with E-state index in [1.165, 1.54) is 0 Å². The van der Waals surface area contributed by atoms with Gasteiger partial charge < -0.3 is 10.1 Å². The Morgan fingerprint density at radius 2 is 1.69 bits per heavy atom. The Morgan fingerprint density at radius 3 is 2.46 bits per heavy atom. The van der Waals surface area contributed by atoms with Crippen LogP contribution in [0.4, 0.5) is 5.69 Å². The van der Waals surface area contributed by atoms with Gasteiger partial charge in [0.15, 0.2) is 0 Å². The molecule has 0 amide bonds. The Hall–Kier alpha value is -1.87. The van der Waals surface area contributed by atoms with Crippen molar-refractivity contribution in [3.05, 3.63) is 92.4 Å². The number of ether oxygens (including phenoxy) is 1. The molecule has 0 aliphatic heterocycles. The first-order valence-corrected chi connectivity index (χ1v) is 9.31. The lowest BCUT2D eigenvalue weighted by atomic mass is 10.1. The van der Waals surface area contributed by atoms with Crippen molar-refractivity contribution in [3.63, 3.8) is 0 Å². The normalized spacial score (nSPS) is 10.6. The third kappa shape index (κ3) is 4.85. The minimum absolute atomic E-state index is 0.374. The van der Waals surface area contributed by atoms with Crippen molar-refractivity contribution in [1.82, 2.24) is 0 Å². The number of hydrogen-bond acceptors (Lipinski definition) is 2. The lowest BCUT2D eigenvalue weighted by molar-refractivity contribution is 0.306. The van der Waals surface area contributed by atoms with Crippen molar-refractivity contribution in [3.8, 4) is 5.75 Å². The highest BCUT2D eigenvalue weighted by Gasteiger charge is 2.06. The van der Waals surface area contributed by atoms with Gasteiger partial charge in [0, 0.05) is 27.8 Å². The first-order chi connectivity index (χ1) is 12.5. The molecule has 0 saturated heterocycles. The topological polar surface area (TPSA) is 21.3 Å². The van der Waals surface area contributed by atoms with Crippen molar-refractivity contribution < 1.29 is 4.74 Å². The van der Waals surface area contributed by atoms with E-state index in [0.29, 0.717) is 34.0 Å². The van der Waals surface area contributed by atoms with E-state index in [4.69, 9.17) is 39.5 Å².